The lowest BCUT2D eigenvalue weighted by Gasteiger charge is -2.28. The molecule has 1 aliphatic rings. The molecule has 1 aromatic carbocycles. The predicted molar refractivity (Wildman–Crippen MR) is 68.1 cm³/mol. The summed E-state index contributed by atoms with van der Waals surface area (Å²) in [5, 5.41) is 2.97. The topological polar surface area (TPSA) is 79.5 Å². The van der Waals surface area contributed by atoms with Gasteiger partial charge in [-0.25, -0.2) is 5.84 Å². The van der Waals surface area contributed by atoms with E-state index in [1.165, 1.54) is 18.0 Å². The van der Waals surface area contributed by atoms with Gasteiger partial charge < -0.3 is 5.32 Å². The molecule has 5 nitrogen and oxygen atoms in total. The number of nitrogens with two attached hydrogens (primary N) is 1. The van der Waals surface area contributed by atoms with E-state index in [2.05, 4.69) is 15.7 Å². The molecule has 6 heteroatoms. The lowest BCUT2D eigenvalue weighted by molar-refractivity contribution is -0.122. The molecule has 17 heavy (non-hydrogen) atoms. The number of carbonyl (C=O) groups excluding carboxylic acids is 1. The number of hydrazine groups is 1. The van der Waals surface area contributed by atoms with E-state index >= 15 is 0 Å². The van der Waals surface area contributed by atoms with Crippen molar-refractivity contribution in [2.75, 3.05) is 0 Å². The Morgan fingerprint density at radius 3 is 2.76 bits per heavy atom. The molecule has 1 heterocycles. The molecule has 1 aliphatic heterocycles. The highest BCUT2D eigenvalue weighted by Crippen LogP contribution is 2.30. The van der Waals surface area contributed by atoms with Crippen LogP contribution < -0.4 is 16.6 Å². The third-order valence-electron chi connectivity index (χ3n) is 2.21. The maximum atomic E-state index is 11.8. The minimum Gasteiger partial charge on any atom is -0.363 e. The second-order valence-corrected chi connectivity index (χ2v) is 4.68. The number of rotatable bonds is 3. The van der Waals surface area contributed by atoms with Gasteiger partial charge in [-0.05, 0) is 12.1 Å². The number of hydrogen-bond donors (Lipinski definition) is 3. The third-order valence-corrected chi connectivity index (χ3v) is 3.44. The zero-order chi connectivity index (χ0) is 12.1. The van der Waals surface area contributed by atoms with Gasteiger partial charge in [0.1, 0.15) is 0 Å². The van der Waals surface area contributed by atoms with Crippen LogP contribution in [0.5, 0.6) is 0 Å². The van der Waals surface area contributed by atoms with E-state index in [0.29, 0.717) is 0 Å². The van der Waals surface area contributed by atoms with Gasteiger partial charge >= 0.3 is 0 Å². The first-order chi connectivity index (χ1) is 8.27. The highest BCUT2D eigenvalue weighted by molar-refractivity contribution is 8.02. The van der Waals surface area contributed by atoms with Gasteiger partial charge in [0.15, 0.2) is 0 Å². The minimum atomic E-state index is -0.995. The third kappa shape index (κ3) is 2.48. The van der Waals surface area contributed by atoms with E-state index < -0.39 is 4.87 Å². The molecule has 0 saturated heterocycles. The quantitative estimate of drug-likeness (QED) is 0.416. The van der Waals surface area contributed by atoms with Crippen LogP contribution in [0.25, 0.3) is 0 Å². The van der Waals surface area contributed by atoms with Crippen LogP contribution in [-0.4, -0.2) is 17.0 Å². The number of carbonyl (C=O) groups is 1. The molecule has 1 amide bonds. The van der Waals surface area contributed by atoms with Gasteiger partial charge in [-0.2, -0.15) is 0 Å². The Kier molecular flexibility index (Phi) is 3.46. The van der Waals surface area contributed by atoms with E-state index in [-0.39, 0.29) is 5.91 Å². The number of hydrogen-bond acceptors (Lipinski definition) is 5. The van der Waals surface area contributed by atoms with Gasteiger partial charge in [-0.3, -0.25) is 15.2 Å². The summed E-state index contributed by atoms with van der Waals surface area (Å²) in [5.74, 6) is 4.86. The predicted octanol–water partition coefficient (Wildman–Crippen LogP) is 0.610. The van der Waals surface area contributed by atoms with Crippen molar-refractivity contribution in [3.05, 3.63) is 42.7 Å². The first-order valence-corrected chi connectivity index (χ1v) is 5.81. The number of nitrogens with zero attached hydrogens (tertiary/aromatic N) is 1. The van der Waals surface area contributed by atoms with Crippen LogP contribution in [0.15, 0.2) is 52.6 Å². The van der Waals surface area contributed by atoms with Gasteiger partial charge in [-0.15, -0.1) is 0 Å². The standard InChI is InChI=1S/C11H12N4OS/c12-15-10(16)11(8-13-6-7-14-11)17-9-4-2-1-3-5-9/h1-8,14H,12H2,(H,15,16). The molecule has 0 saturated carbocycles. The van der Waals surface area contributed by atoms with Crippen molar-refractivity contribution in [2.45, 2.75) is 9.77 Å². The van der Waals surface area contributed by atoms with Crippen LogP contribution in [0.4, 0.5) is 0 Å². The highest BCUT2D eigenvalue weighted by Gasteiger charge is 2.37. The monoisotopic (exact) mass is 248 g/mol. The van der Waals surface area contributed by atoms with E-state index in [0.717, 1.165) is 4.90 Å². The fourth-order valence-electron chi connectivity index (χ4n) is 1.40. The Hall–Kier alpha value is -1.79. The summed E-state index contributed by atoms with van der Waals surface area (Å²) in [5.41, 5.74) is 2.15. The van der Waals surface area contributed by atoms with Crippen molar-refractivity contribution >= 4 is 23.9 Å². The molecular formula is C11H12N4OS. The van der Waals surface area contributed by atoms with Gasteiger partial charge in [0, 0.05) is 17.3 Å². The number of thioether (sulfide) groups is 1. The molecule has 1 atom stereocenters. The molecule has 0 bridgehead atoms. The molecule has 0 radical (unpaired) electrons. The molecule has 88 valence electrons. The fourth-order valence-corrected chi connectivity index (χ4v) is 2.45. The molecule has 0 fully saturated rings. The summed E-state index contributed by atoms with van der Waals surface area (Å²) in [6, 6.07) is 9.58. The molecule has 1 aromatic rings. The van der Waals surface area contributed by atoms with Gasteiger partial charge in [0.05, 0.1) is 6.21 Å². The van der Waals surface area contributed by atoms with Gasteiger partial charge in [0.25, 0.3) is 5.91 Å². The van der Waals surface area contributed by atoms with Crippen LogP contribution >= 0.6 is 11.8 Å². The Labute approximate surface area is 103 Å². The van der Waals surface area contributed by atoms with Crippen LogP contribution in [0.2, 0.25) is 0 Å². The maximum absolute atomic E-state index is 11.8. The Morgan fingerprint density at radius 2 is 2.18 bits per heavy atom. The molecule has 0 aromatic heterocycles. The van der Waals surface area contributed by atoms with E-state index in [1.54, 1.807) is 12.4 Å². The van der Waals surface area contributed by atoms with Gasteiger partial charge in [0.2, 0.25) is 4.87 Å². The van der Waals surface area contributed by atoms with Gasteiger partial charge in [-0.1, -0.05) is 30.0 Å². The van der Waals surface area contributed by atoms with Crippen LogP contribution in [0, 0.1) is 0 Å². The van der Waals surface area contributed by atoms with Crippen molar-refractivity contribution in [3.8, 4) is 0 Å². The van der Waals surface area contributed by atoms with Crippen molar-refractivity contribution in [1.29, 1.82) is 0 Å². The van der Waals surface area contributed by atoms with E-state index in [4.69, 9.17) is 5.84 Å². The first kappa shape index (κ1) is 11.7. The Balaban J connectivity index is 2.26. The Morgan fingerprint density at radius 1 is 1.41 bits per heavy atom. The van der Waals surface area contributed by atoms with Crippen LogP contribution in [-0.2, 0) is 4.79 Å². The Bertz CT molecular complexity index is 460. The van der Waals surface area contributed by atoms with E-state index in [1.807, 2.05) is 30.3 Å². The van der Waals surface area contributed by atoms with Crippen LogP contribution in [0.1, 0.15) is 0 Å². The molecule has 4 N–H and O–H groups in total. The summed E-state index contributed by atoms with van der Waals surface area (Å²) >= 11 is 1.34. The number of aliphatic imine (C=N–C) groups is 1. The molecule has 2 rings (SSSR count). The zero-order valence-electron chi connectivity index (χ0n) is 8.96. The lowest BCUT2D eigenvalue weighted by atomic mass is 10.3. The van der Waals surface area contributed by atoms with Crippen molar-refractivity contribution < 1.29 is 4.79 Å². The van der Waals surface area contributed by atoms with Crippen molar-refractivity contribution in [3.63, 3.8) is 0 Å². The average molecular weight is 248 g/mol. The summed E-state index contributed by atoms with van der Waals surface area (Å²) in [6.45, 7) is 0. The van der Waals surface area contributed by atoms with E-state index in [9.17, 15) is 4.79 Å². The smallest absolute Gasteiger partial charge is 0.276 e. The minimum absolute atomic E-state index is 0.348. The second kappa shape index (κ2) is 5.03. The number of amides is 1. The molecule has 0 aliphatic carbocycles. The summed E-state index contributed by atoms with van der Waals surface area (Å²) in [6.07, 6.45) is 4.73. The number of nitrogens with one attached hydrogen (secondary N) is 2. The molecule has 1 unspecified atom stereocenters. The molecule has 0 spiro atoms. The maximum Gasteiger partial charge on any atom is 0.276 e. The fraction of sp³-hybridized carbons (Fsp3) is 0.0909. The van der Waals surface area contributed by atoms with Crippen molar-refractivity contribution in [2.24, 2.45) is 10.8 Å². The summed E-state index contributed by atoms with van der Waals surface area (Å²) in [7, 11) is 0. The van der Waals surface area contributed by atoms with Crippen molar-refractivity contribution in [1.82, 2.24) is 10.7 Å². The summed E-state index contributed by atoms with van der Waals surface area (Å²) in [4.78, 5) is 15.8. The highest BCUT2D eigenvalue weighted by atomic mass is 32.2. The average Bonchev–Trinajstić information content (AvgIpc) is 2.40. The summed E-state index contributed by atoms with van der Waals surface area (Å²) < 4.78 is 0. The SMILES string of the molecule is NNC(=O)C1(Sc2ccccc2)C=NC=CN1. The first-order valence-electron chi connectivity index (χ1n) is 4.99. The second-order valence-electron chi connectivity index (χ2n) is 3.36. The zero-order valence-corrected chi connectivity index (χ0v) is 9.78. The lowest BCUT2D eigenvalue weighted by Crippen LogP contribution is -2.56. The largest absolute Gasteiger partial charge is 0.363 e. The number of benzene rings is 1. The van der Waals surface area contributed by atoms with Crippen LogP contribution in [0.3, 0.4) is 0 Å². The normalized spacial score (nSPS) is 21.9. The molecular weight excluding hydrogens is 236 g/mol.